The van der Waals surface area contributed by atoms with Crippen LogP contribution in [0.3, 0.4) is 0 Å². The predicted octanol–water partition coefficient (Wildman–Crippen LogP) is 0.803. The van der Waals surface area contributed by atoms with Gasteiger partial charge in [0.2, 0.25) is 23.6 Å². The molecule has 45 heavy (non-hydrogen) atoms. The Labute approximate surface area is 260 Å². The van der Waals surface area contributed by atoms with Gasteiger partial charge in [-0.1, -0.05) is 44.2 Å². The number of carboxylic acid groups (broad SMARTS) is 1. The second kappa shape index (κ2) is 14.7. The molecule has 1 saturated heterocycles. The van der Waals surface area contributed by atoms with Crippen LogP contribution in [0.15, 0.2) is 54.7 Å². The summed E-state index contributed by atoms with van der Waals surface area (Å²) < 4.78 is 0. The van der Waals surface area contributed by atoms with Crippen molar-refractivity contribution in [1.82, 2.24) is 25.8 Å². The van der Waals surface area contributed by atoms with Gasteiger partial charge in [-0.2, -0.15) is 0 Å². The van der Waals surface area contributed by atoms with Gasteiger partial charge in [-0.15, -0.1) is 0 Å². The van der Waals surface area contributed by atoms with Crippen molar-refractivity contribution in [3.8, 4) is 5.75 Å². The maximum Gasteiger partial charge on any atom is 0.322 e. The minimum atomic E-state index is -1.22. The number of hydrogen-bond acceptors (Lipinski definition) is 7. The van der Waals surface area contributed by atoms with Gasteiger partial charge >= 0.3 is 5.97 Å². The number of hydrogen-bond donors (Lipinski definition) is 7. The first-order valence-electron chi connectivity index (χ1n) is 14.9. The highest BCUT2D eigenvalue weighted by Crippen LogP contribution is 2.22. The van der Waals surface area contributed by atoms with Gasteiger partial charge in [-0.3, -0.25) is 24.0 Å². The first-order valence-corrected chi connectivity index (χ1v) is 14.9. The quantitative estimate of drug-likeness (QED) is 0.145. The van der Waals surface area contributed by atoms with Crippen LogP contribution in [-0.2, 0) is 36.8 Å². The second-order valence-corrected chi connectivity index (χ2v) is 11.6. The normalized spacial score (nSPS) is 16.6. The zero-order chi connectivity index (χ0) is 32.7. The molecule has 1 aliphatic heterocycles. The molecular weight excluding hydrogens is 580 g/mol. The molecule has 0 bridgehead atoms. The van der Waals surface area contributed by atoms with Crippen molar-refractivity contribution < 1.29 is 34.2 Å². The van der Waals surface area contributed by atoms with E-state index in [0.29, 0.717) is 18.4 Å². The van der Waals surface area contributed by atoms with Crippen LogP contribution in [0.25, 0.3) is 10.9 Å². The number of phenols is 1. The molecule has 2 aromatic carbocycles. The predicted molar refractivity (Wildman–Crippen MR) is 166 cm³/mol. The average Bonchev–Trinajstić information content (AvgIpc) is 3.66. The highest BCUT2D eigenvalue weighted by atomic mass is 16.4. The Morgan fingerprint density at radius 1 is 1.00 bits per heavy atom. The summed E-state index contributed by atoms with van der Waals surface area (Å²) in [6.45, 7) is 3.10. The fourth-order valence-electron chi connectivity index (χ4n) is 5.54. The topological polar surface area (TPSA) is 207 Å². The molecule has 4 rings (SSSR count). The van der Waals surface area contributed by atoms with Crippen molar-refractivity contribution >= 4 is 40.5 Å². The van der Waals surface area contributed by atoms with E-state index in [1.165, 1.54) is 17.0 Å². The number of benzene rings is 2. The molecule has 1 aliphatic rings. The molecule has 0 saturated carbocycles. The summed E-state index contributed by atoms with van der Waals surface area (Å²) in [6, 6.07) is 9.96. The van der Waals surface area contributed by atoms with Crippen LogP contribution in [-0.4, -0.2) is 87.0 Å². The molecule has 13 nitrogen and oxygen atoms in total. The summed E-state index contributed by atoms with van der Waals surface area (Å²) in [7, 11) is 0. The van der Waals surface area contributed by atoms with Crippen molar-refractivity contribution in [3.05, 3.63) is 65.9 Å². The van der Waals surface area contributed by atoms with Gasteiger partial charge in [0, 0.05) is 30.1 Å². The first kappa shape index (κ1) is 33.0. The maximum absolute atomic E-state index is 14.0. The van der Waals surface area contributed by atoms with E-state index in [0.717, 1.165) is 16.5 Å². The number of aromatic nitrogens is 1. The second-order valence-electron chi connectivity index (χ2n) is 11.6. The minimum Gasteiger partial charge on any atom is -0.508 e. The first-order chi connectivity index (χ1) is 21.4. The lowest BCUT2D eigenvalue weighted by Crippen LogP contribution is -2.58. The molecule has 3 aromatic rings. The number of nitrogens with one attached hydrogen (secondary N) is 4. The van der Waals surface area contributed by atoms with Crippen LogP contribution in [0.2, 0.25) is 0 Å². The third-order valence-corrected chi connectivity index (χ3v) is 7.94. The standard InChI is InChI=1S/C32H40N6O7/c1-18(2)28(31(44)35-17-27(40)41)37-30(43)26-8-5-13-38(26)32(45)25(14-19-9-11-21(39)12-10-19)36-29(42)23(33)15-20-16-34-24-7-4-3-6-22(20)24/h3-4,6-7,9-12,16,18,23,25-26,28,34,39H,5,8,13-15,17,33H2,1-2H3,(H,35,44)(H,36,42)(H,37,43)(H,40,41)/t23-,25-,26-,28-/m0/s1. The Morgan fingerprint density at radius 2 is 1.71 bits per heavy atom. The summed E-state index contributed by atoms with van der Waals surface area (Å²) >= 11 is 0. The molecular formula is C32H40N6O7. The third-order valence-electron chi connectivity index (χ3n) is 7.94. The molecule has 0 unspecified atom stereocenters. The lowest BCUT2D eigenvalue weighted by Gasteiger charge is -2.31. The Bertz CT molecular complexity index is 1540. The van der Waals surface area contributed by atoms with Crippen LogP contribution < -0.4 is 21.7 Å². The molecule has 4 atom stereocenters. The largest absolute Gasteiger partial charge is 0.508 e. The van der Waals surface area contributed by atoms with Crippen molar-refractivity contribution in [3.63, 3.8) is 0 Å². The number of carbonyl (C=O) groups is 5. The summed E-state index contributed by atoms with van der Waals surface area (Å²) in [6.07, 6.45) is 2.99. The Hall–Kier alpha value is -4.91. The van der Waals surface area contributed by atoms with E-state index in [2.05, 4.69) is 20.9 Å². The van der Waals surface area contributed by atoms with Gasteiger partial charge in [-0.25, -0.2) is 0 Å². The van der Waals surface area contributed by atoms with E-state index < -0.39 is 60.3 Å². The SMILES string of the molecule is CC(C)[C@H](NC(=O)[C@@H]1CCCN1C(=O)[C@H](Cc1ccc(O)cc1)NC(=O)[C@@H](N)Cc1c[nH]c2ccccc12)C(=O)NCC(=O)O. The highest BCUT2D eigenvalue weighted by molar-refractivity contribution is 5.96. The van der Waals surface area contributed by atoms with Gasteiger partial charge in [0.25, 0.3) is 0 Å². The molecule has 1 fully saturated rings. The van der Waals surface area contributed by atoms with E-state index in [1.54, 1.807) is 32.2 Å². The van der Waals surface area contributed by atoms with Gasteiger partial charge in [0.05, 0.1) is 6.04 Å². The number of para-hydroxylation sites is 1. The zero-order valence-corrected chi connectivity index (χ0v) is 25.3. The smallest absolute Gasteiger partial charge is 0.322 e. The Kier molecular flexibility index (Phi) is 10.8. The van der Waals surface area contributed by atoms with Crippen LogP contribution in [0.4, 0.5) is 0 Å². The molecule has 8 N–H and O–H groups in total. The van der Waals surface area contributed by atoms with Gasteiger partial charge in [0.15, 0.2) is 0 Å². The molecule has 240 valence electrons. The summed E-state index contributed by atoms with van der Waals surface area (Å²) in [5, 5.41) is 27.4. The van der Waals surface area contributed by atoms with Crippen LogP contribution in [0, 0.1) is 5.92 Å². The number of phenolic OH excluding ortho intramolecular Hbond substituents is 1. The number of likely N-dealkylation sites (tertiary alicyclic amines) is 1. The van der Waals surface area contributed by atoms with E-state index in [-0.39, 0.29) is 31.1 Å². The number of aliphatic carboxylic acids is 1. The summed E-state index contributed by atoms with van der Waals surface area (Å²) in [4.78, 5) is 68.9. The minimum absolute atomic E-state index is 0.0507. The van der Waals surface area contributed by atoms with Crippen molar-refractivity contribution in [2.75, 3.05) is 13.1 Å². The number of rotatable bonds is 13. The number of carboxylic acids is 1. The molecule has 1 aromatic heterocycles. The van der Waals surface area contributed by atoms with Crippen LogP contribution >= 0.6 is 0 Å². The number of aromatic hydroxyl groups is 1. The number of aromatic amines is 1. The van der Waals surface area contributed by atoms with E-state index in [4.69, 9.17) is 10.8 Å². The van der Waals surface area contributed by atoms with E-state index in [1.807, 2.05) is 24.3 Å². The number of nitrogens with two attached hydrogens (primary N) is 1. The van der Waals surface area contributed by atoms with Gasteiger partial charge in [0.1, 0.15) is 30.4 Å². The number of carbonyl (C=O) groups excluding carboxylic acids is 4. The number of nitrogens with zero attached hydrogens (tertiary/aromatic N) is 1. The monoisotopic (exact) mass is 620 g/mol. The van der Waals surface area contributed by atoms with E-state index in [9.17, 15) is 29.1 Å². The molecule has 2 heterocycles. The number of H-pyrrole nitrogens is 1. The van der Waals surface area contributed by atoms with Crippen LogP contribution in [0.5, 0.6) is 5.75 Å². The highest BCUT2D eigenvalue weighted by Gasteiger charge is 2.39. The lowest BCUT2D eigenvalue weighted by atomic mass is 10.0. The molecule has 0 radical (unpaired) electrons. The Morgan fingerprint density at radius 3 is 2.40 bits per heavy atom. The number of amides is 4. The molecule has 13 heteroatoms. The lowest BCUT2D eigenvalue weighted by molar-refractivity contribution is -0.142. The summed E-state index contributed by atoms with van der Waals surface area (Å²) in [5.74, 6) is -3.72. The molecule has 0 aliphatic carbocycles. The van der Waals surface area contributed by atoms with Crippen LogP contribution in [0.1, 0.15) is 37.8 Å². The molecule has 4 amide bonds. The molecule has 0 spiro atoms. The van der Waals surface area contributed by atoms with Gasteiger partial charge < -0.3 is 41.8 Å². The summed E-state index contributed by atoms with van der Waals surface area (Å²) in [5.41, 5.74) is 8.77. The maximum atomic E-state index is 14.0. The van der Waals surface area contributed by atoms with Gasteiger partial charge in [-0.05, 0) is 54.5 Å². The van der Waals surface area contributed by atoms with Crippen molar-refractivity contribution in [1.29, 1.82) is 0 Å². The van der Waals surface area contributed by atoms with Crippen molar-refractivity contribution in [2.45, 2.75) is 63.7 Å². The Balaban J connectivity index is 1.50. The zero-order valence-electron chi connectivity index (χ0n) is 25.3. The average molecular weight is 621 g/mol. The fraction of sp³-hybridized carbons (Fsp3) is 0.406. The van der Waals surface area contributed by atoms with Crippen molar-refractivity contribution in [2.24, 2.45) is 11.7 Å². The van der Waals surface area contributed by atoms with E-state index >= 15 is 0 Å². The fourth-order valence-corrected chi connectivity index (χ4v) is 5.54. The third kappa shape index (κ3) is 8.38. The number of fused-ring (bicyclic) bond motifs is 1.